The maximum Gasteiger partial charge on any atom is 0.337 e. The molecule has 0 unspecified atom stereocenters. The molecule has 6 rings (SSSR count). The molecule has 37 heavy (non-hydrogen) atoms. The van der Waals surface area contributed by atoms with Gasteiger partial charge in [0.05, 0.1) is 32.4 Å². The zero-order valence-electron chi connectivity index (χ0n) is 19.7. The number of carbonyl (C=O) groups is 1. The molecule has 6 aromatic rings. The summed E-state index contributed by atoms with van der Waals surface area (Å²) in [5, 5.41) is 13.6. The Kier molecular flexibility index (Phi) is 5.50. The second-order valence-electron chi connectivity index (χ2n) is 8.62. The van der Waals surface area contributed by atoms with Gasteiger partial charge in [0.1, 0.15) is 5.82 Å². The van der Waals surface area contributed by atoms with E-state index in [0.717, 1.165) is 21.3 Å². The van der Waals surface area contributed by atoms with Gasteiger partial charge in [-0.1, -0.05) is 59.9 Å². The largest absolute Gasteiger partial charge is 0.478 e. The van der Waals surface area contributed by atoms with Gasteiger partial charge in [0.15, 0.2) is 5.13 Å². The number of hydrogen-bond acceptors (Lipinski definition) is 6. The van der Waals surface area contributed by atoms with E-state index >= 15 is 0 Å². The number of thiazole rings is 1. The number of nitrogens with zero attached hydrogens (tertiary/aromatic N) is 3. The van der Waals surface area contributed by atoms with Gasteiger partial charge in [-0.05, 0) is 55.0 Å². The SMILES string of the molecule is Cc1ccc2nc(-n3c(-c4ccccc4)nc4ccc(Nc5ccccc5C(=O)O)cc4c3=O)sc2c1. The smallest absolute Gasteiger partial charge is 0.337 e. The Balaban J connectivity index is 1.56. The van der Waals surface area contributed by atoms with Crippen molar-refractivity contribution in [1.29, 1.82) is 0 Å². The number of nitrogens with one attached hydrogen (secondary N) is 1. The molecule has 0 aliphatic rings. The molecule has 0 aliphatic carbocycles. The van der Waals surface area contributed by atoms with E-state index in [9.17, 15) is 14.7 Å². The minimum Gasteiger partial charge on any atom is -0.478 e. The topological polar surface area (TPSA) is 97.1 Å². The second kappa shape index (κ2) is 9.00. The highest BCUT2D eigenvalue weighted by atomic mass is 32.1. The minimum absolute atomic E-state index is 0.141. The summed E-state index contributed by atoms with van der Waals surface area (Å²) in [6, 6.07) is 27.5. The van der Waals surface area contributed by atoms with Gasteiger partial charge in [0.2, 0.25) is 0 Å². The average molecular weight is 505 g/mol. The molecule has 0 saturated carbocycles. The van der Waals surface area contributed by atoms with E-state index in [1.807, 2.05) is 49.4 Å². The number of rotatable bonds is 5. The number of aryl methyl sites for hydroxylation is 1. The molecule has 0 bridgehead atoms. The fourth-order valence-corrected chi connectivity index (χ4v) is 5.34. The van der Waals surface area contributed by atoms with Crippen molar-refractivity contribution in [2.45, 2.75) is 6.92 Å². The number of hydrogen-bond donors (Lipinski definition) is 2. The van der Waals surface area contributed by atoms with Crippen LogP contribution in [0, 0.1) is 6.92 Å². The third kappa shape index (κ3) is 4.13. The molecule has 2 heterocycles. The van der Waals surface area contributed by atoms with Gasteiger partial charge in [0, 0.05) is 11.3 Å². The van der Waals surface area contributed by atoms with Crippen molar-refractivity contribution in [2.75, 3.05) is 5.32 Å². The lowest BCUT2D eigenvalue weighted by Crippen LogP contribution is -2.22. The van der Waals surface area contributed by atoms with E-state index in [1.54, 1.807) is 41.0 Å². The van der Waals surface area contributed by atoms with Crippen molar-refractivity contribution < 1.29 is 9.90 Å². The van der Waals surface area contributed by atoms with Gasteiger partial charge >= 0.3 is 5.97 Å². The summed E-state index contributed by atoms with van der Waals surface area (Å²) in [5.74, 6) is -0.530. The number of aromatic carboxylic acids is 1. The zero-order valence-corrected chi connectivity index (χ0v) is 20.5. The fourth-order valence-electron chi connectivity index (χ4n) is 4.27. The summed E-state index contributed by atoms with van der Waals surface area (Å²) >= 11 is 1.44. The molecule has 0 radical (unpaired) electrons. The standard InChI is InChI=1S/C29H20N4O3S/c1-17-11-13-24-25(15-17)37-29(32-24)33-26(18-7-3-2-4-8-18)31-23-14-12-19(16-21(23)27(33)34)30-22-10-6-5-9-20(22)28(35)36/h2-16,30H,1H3,(H,35,36). The number of fused-ring (bicyclic) bond motifs is 2. The highest BCUT2D eigenvalue weighted by Crippen LogP contribution is 2.30. The summed E-state index contributed by atoms with van der Waals surface area (Å²) in [5.41, 5.74) is 4.18. The van der Waals surface area contributed by atoms with Crippen LogP contribution in [0.4, 0.5) is 11.4 Å². The maximum atomic E-state index is 14.0. The first kappa shape index (κ1) is 22.6. The first-order valence-corrected chi connectivity index (χ1v) is 12.4. The van der Waals surface area contributed by atoms with Crippen LogP contribution in [-0.4, -0.2) is 25.6 Å². The number of anilines is 2. The molecule has 0 fully saturated rings. The normalized spacial score (nSPS) is 11.2. The summed E-state index contributed by atoms with van der Waals surface area (Å²) in [6.07, 6.45) is 0. The second-order valence-corrected chi connectivity index (χ2v) is 9.63. The van der Waals surface area contributed by atoms with E-state index in [0.29, 0.717) is 33.2 Å². The van der Waals surface area contributed by atoms with Crippen LogP contribution in [0.3, 0.4) is 0 Å². The van der Waals surface area contributed by atoms with E-state index in [2.05, 4.69) is 11.4 Å². The molecule has 8 heteroatoms. The monoisotopic (exact) mass is 504 g/mol. The molecule has 0 atom stereocenters. The summed E-state index contributed by atoms with van der Waals surface area (Å²) < 4.78 is 2.55. The summed E-state index contributed by atoms with van der Waals surface area (Å²) in [7, 11) is 0. The quantitative estimate of drug-likeness (QED) is 0.281. The van der Waals surface area contributed by atoms with Crippen LogP contribution in [0.25, 0.3) is 37.6 Å². The molecule has 180 valence electrons. The van der Waals surface area contributed by atoms with Crippen molar-refractivity contribution in [3.05, 3.63) is 112 Å². The highest BCUT2D eigenvalue weighted by molar-refractivity contribution is 7.20. The Hall–Kier alpha value is -4.82. The molecule has 7 nitrogen and oxygen atoms in total. The molecular formula is C29H20N4O3S. The van der Waals surface area contributed by atoms with Gasteiger partial charge < -0.3 is 10.4 Å². The number of aromatic nitrogens is 3. The third-order valence-corrected chi connectivity index (χ3v) is 7.06. The molecular weight excluding hydrogens is 484 g/mol. The van der Waals surface area contributed by atoms with Crippen molar-refractivity contribution in [2.24, 2.45) is 0 Å². The Morgan fingerprint density at radius 3 is 2.46 bits per heavy atom. The molecule has 0 spiro atoms. The zero-order chi connectivity index (χ0) is 25.5. The Morgan fingerprint density at radius 2 is 1.65 bits per heavy atom. The van der Waals surface area contributed by atoms with Gasteiger partial charge in [-0.2, -0.15) is 0 Å². The third-order valence-electron chi connectivity index (χ3n) is 6.06. The molecule has 2 N–H and O–H groups in total. The number of carboxylic acid groups (broad SMARTS) is 1. The lowest BCUT2D eigenvalue weighted by Gasteiger charge is -2.13. The maximum absolute atomic E-state index is 14.0. The van der Waals surface area contributed by atoms with Crippen molar-refractivity contribution in [1.82, 2.24) is 14.5 Å². The van der Waals surface area contributed by atoms with Gasteiger partial charge in [-0.25, -0.2) is 19.3 Å². The van der Waals surface area contributed by atoms with Crippen LogP contribution in [0.15, 0.2) is 95.8 Å². The van der Waals surface area contributed by atoms with Crippen LogP contribution in [0.2, 0.25) is 0 Å². The number of carboxylic acids is 1. The fraction of sp³-hybridized carbons (Fsp3) is 0.0345. The summed E-state index contributed by atoms with van der Waals surface area (Å²) in [6.45, 7) is 2.02. The van der Waals surface area contributed by atoms with E-state index < -0.39 is 5.97 Å². The van der Waals surface area contributed by atoms with Gasteiger partial charge in [0.25, 0.3) is 5.56 Å². The van der Waals surface area contributed by atoms with Crippen molar-refractivity contribution >= 4 is 49.8 Å². The average Bonchev–Trinajstić information content (AvgIpc) is 3.32. The van der Waals surface area contributed by atoms with Crippen LogP contribution < -0.4 is 10.9 Å². The summed E-state index contributed by atoms with van der Waals surface area (Å²) in [4.78, 5) is 35.3. The van der Waals surface area contributed by atoms with Crippen LogP contribution in [0.5, 0.6) is 0 Å². The van der Waals surface area contributed by atoms with Crippen LogP contribution in [0.1, 0.15) is 15.9 Å². The molecule has 2 aromatic heterocycles. The molecule has 0 saturated heterocycles. The van der Waals surface area contributed by atoms with Gasteiger partial charge in [-0.3, -0.25) is 4.79 Å². The lowest BCUT2D eigenvalue weighted by atomic mass is 10.1. The van der Waals surface area contributed by atoms with E-state index in [4.69, 9.17) is 9.97 Å². The van der Waals surface area contributed by atoms with Crippen LogP contribution in [-0.2, 0) is 0 Å². The van der Waals surface area contributed by atoms with E-state index in [1.165, 1.54) is 17.4 Å². The Morgan fingerprint density at radius 1 is 0.892 bits per heavy atom. The molecule has 4 aromatic carbocycles. The van der Waals surface area contributed by atoms with Crippen molar-refractivity contribution in [3.63, 3.8) is 0 Å². The van der Waals surface area contributed by atoms with E-state index in [-0.39, 0.29) is 11.1 Å². The predicted molar refractivity (Wildman–Crippen MR) is 147 cm³/mol. The highest BCUT2D eigenvalue weighted by Gasteiger charge is 2.18. The first-order valence-electron chi connectivity index (χ1n) is 11.6. The lowest BCUT2D eigenvalue weighted by molar-refractivity contribution is 0.0698. The first-order chi connectivity index (χ1) is 18.0. The Bertz CT molecular complexity index is 1880. The minimum atomic E-state index is -1.04. The number of benzene rings is 4. The van der Waals surface area contributed by atoms with Crippen LogP contribution >= 0.6 is 11.3 Å². The number of para-hydroxylation sites is 1. The predicted octanol–water partition coefficient (Wildman–Crippen LogP) is 6.41. The molecule has 0 amide bonds. The van der Waals surface area contributed by atoms with Gasteiger partial charge in [-0.15, -0.1) is 0 Å². The molecule has 0 aliphatic heterocycles. The Labute approximate surface area is 215 Å². The van der Waals surface area contributed by atoms with Crippen molar-refractivity contribution in [3.8, 4) is 16.5 Å².